The second-order valence-electron chi connectivity index (χ2n) is 10.9. The molecule has 0 saturated carbocycles. The Hall–Kier alpha value is -5.48. The first-order valence-electron chi connectivity index (χ1n) is 15.2. The molecule has 6 rings (SSSR count). The minimum absolute atomic E-state index is 0.00590. The summed E-state index contributed by atoms with van der Waals surface area (Å²) in [5.41, 5.74) is 0.865. The highest BCUT2D eigenvalue weighted by Crippen LogP contribution is 2.48. The van der Waals surface area contributed by atoms with E-state index in [0.717, 1.165) is 5.56 Å². The van der Waals surface area contributed by atoms with Gasteiger partial charge in [-0.05, 0) is 96.6 Å². The van der Waals surface area contributed by atoms with Gasteiger partial charge in [-0.25, -0.2) is 26.2 Å². The molecular weight excluding hydrogens is 696 g/mol. The van der Waals surface area contributed by atoms with Crippen LogP contribution in [0.2, 0.25) is 0 Å². The minimum Gasteiger partial charge on any atom is -0.457 e. The highest BCUT2D eigenvalue weighted by Gasteiger charge is 2.33. The summed E-state index contributed by atoms with van der Waals surface area (Å²) in [5, 5.41) is -0.00590. The number of rotatable bonds is 12. The average molecular weight is 725 g/mol. The number of benzene rings is 6. The van der Waals surface area contributed by atoms with Crippen LogP contribution in [-0.2, 0) is 35.6 Å². The third-order valence-corrected chi connectivity index (χ3v) is 12.8. The van der Waals surface area contributed by atoms with Crippen molar-refractivity contribution in [3.63, 3.8) is 0 Å². The van der Waals surface area contributed by atoms with E-state index in [1.165, 1.54) is 97.1 Å². The van der Waals surface area contributed by atoms with Gasteiger partial charge in [-0.15, -0.1) is 0 Å². The zero-order chi connectivity index (χ0) is 35.2. The molecule has 0 saturated heterocycles. The Kier molecular flexibility index (Phi) is 10.0. The zero-order valence-corrected chi connectivity index (χ0v) is 28.8. The lowest BCUT2D eigenvalue weighted by molar-refractivity contribution is 0.0473. The fourth-order valence-corrected chi connectivity index (χ4v) is 9.02. The number of esters is 1. The molecule has 0 N–H and O–H groups in total. The monoisotopic (exact) mass is 724 g/mol. The van der Waals surface area contributed by atoms with Gasteiger partial charge in [0.15, 0.2) is 0 Å². The number of hydrogen-bond acceptors (Lipinski definition) is 9. The van der Waals surface area contributed by atoms with Crippen LogP contribution in [0.5, 0.6) is 11.5 Å². The molecule has 12 heteroatoms. The average Bonchev–Trinajstić information content (AvgIpc) is 3.15. The van der Waals surface area contributed by atoms with E-state index >= 15 is 0 Å². The van der Waals surface area contributed by atoms with Crippen LogP contribution in [0.25, 0.3) is 0 Å². The van der Waals surface area contributed by atoms with Crippen LogP contribution in [-0.4, -0.2) is 22.8 Å². The quantitative estimate of drug-likeness (QED) is 0.0921. The van der Waals surface area contributed by atoms with Gasteiger partial charge in [0.2, 0.25) is 19.7 Å². The minimum atomic E-state index is -4.39. The Bertz CT molecular complexity index is 2250. The molecule has 0 radical (unpaired) electrons. The second kappa shape index (κ2) is 14.6. The van der Waals surface area contributed by atoms with E-state index in [9.17, 15) is 26.2 Å². The van der Waals surface area contributed by atoms with Crippen LogP contribution in [0, 0.1) is 0 Å². The van der Waals surface area contributed by atoms with Crippen molar-refractivity contribution < 1.29 is 40.0 Å². The van der Waals surface area contributed by atoms with Gasteiger partial charge in [0, 0.05) is 0 Å². The molecule has 0 aliphatic carbocycles. The van der Waals surface area contributed by atoms with Crippen LogP contribution in [0.1, 0.15) is 15.9 Å². The Morgan fingerprint density at radius 3 is 1.38 bits per heavy atom. The summed E-state index contributed by atoms with van der Waals surface area (Å²) >= 11 is 0. The van der Waals surface area contributed by atoms with Crippen molar-refractivity contribution >= 4 is 38.5 Å². The summed E-state index contributed by atoms with van der Waals surface area (Å²) in [5.74, 6) is -0.644. The first kappa shape index (κ1) is 34.4. The number of hydrogen-bond donors (Lipinski definition) is 0. The molecule has 0 amide bonds. The lowest BCUT2D eigenvalue weighted by Gasteiger charge is -2.21. The fourth-order valence-electron chi connectivity index (χ4n) is 4.84. The Morgan fingerprint density at radius 2 is 0.920 bits per heavy atom. The molecule has 50 heavy (non-hydrogen) atoms. The van der Waals surface area contributed by atoms with E-state index in [0.29, 0.717) is 0 Å². The number of carbonyl (C=O) groups excluding carboxylic acids is 1. The molecule has 9 nitrogen and oxygen atoms in total. The molecular formula is C38H29O9PS2. The summed E-state index contributed by atoms with van der Waals surface area (Å²) in [6.07, 6.45) is 0. The van der Waals surface area contributed by atoms with Gasteiger partial charge >= 0.3 is 13.6 Å². The van der Waals surface area contributed by atoms with Gasteiger partial charge in [0.25, 0.3) is 0 Å². The Morgan fingerprint density at radius 1 is 0.500 bits per heavy atom. The maximum Gasteiger partial charge on any atom is 0.462 e. The predicted molar refractivity (Wildman–Crippen MR) is 187 cm³/mol. The zero-order valence-electron chi connectivity index (χ0n) is 26.2. The second-order valence-corrected chi connectivity index (χ2v) is 16.6. The predicted octanol–water partition coefficient (Wildman–Crippen LogP) is 7.69. The van der Waals surface area contributed by atoms with E-state index < -0.39 is 33.2 Å². The molecule has 0 aromatic heterocycles. The molecule has 0 aliphatic heterocycles. The lowest BCUT2D eigenvalue weighted by Crippen LogP contribution is -2.17. The van der Waals surface area contributed by atoms with Crippen molar-refractivity contribution in [1.82, 2.24) is 0 Å². The van der Waals surface area contributed by atoms with E-state index in [-0.39, 0.29) is 48.6 Å². The molecule has 0 fully saturated rings. The summed E-state index contributed by atoms with van der Waals surface area (Å²) in [6.45, 7) is 0.0189. The summed E-state index contributed by atoms with van der Waals surface area (Å²) in [7, 11) is -12.1. The topological polar surface area (TPSA) is 130 Å². The third kappa shape index (κ3) is 7.71. The molecule has 0 unspecified atom stereocenters. The summed E-state index contributed by atoms with van der Waals surface area (Å²) in [6, 6.07) is 41.4. The van der Waals surface area contributed by atoms with E-state index in [4.69, 9.17) is 13.8 Å². The van der Waals surface area contributed by atoms with Crippen LogP contribution in [0.3, 0.4) is 0 Å². The van der Waals surface area contributed by atoms with Gasteiger partial charge in [-0.1, -0.05) is 72.8 Å². The fraction of sp³-hybridized carbons (Fsp3) is 0.0263. The van der Waals surface area contributed by atoms with Crippen LogP contribution in [0.4, 0.5) is 0 Å². The van der Waals surface area contributed by atoms with Crippen molar-refractivity contribution in [2.75, 3.05) is 0 Å². The normalized spacial score (nSPS) is 11.8. The van der Waals surface area contributed by atoms with E-state index in [1.54, 1.807) is 36.4 Å². The van der Waals surface area contributed by atoms with Crippen LogP contribution >= 0.6 is 7.60 Å². The van der Waals surface area contributed by atoms with E-state index in [2.05, 4.69) is 0 Å². The maximum atomic E-state index is 14.7. The molecule has 0 bridgehead atoms. The van der Waals surface area contributed by atoms with Crippen LogP contribution in [0.15, 0.2) is 183 Å². The van der Waals surface area contributed by atoms with Crippen LogP contribution < -0.4 is 14.4 Å². The first-order valence-corrected chi connectivity index (χ1v) is 19.7. The molecule has 0 aliphatic rings. The molecule has 0 atom stereocenters. The molecule has 0 heterocycles. The first-order chi connectivity index (χ1) is 24.0. The summed E-state index contributed by atoms with van der Waals surface area (Å²) in [4.78, 5) is 13.2. The van der Waals surface area contributed by atoms with Gasteiger partial charge in [-0.3, -0.25) is 0 Å². The lowest BCUT2D eigenvalue weighted by atomic mass is 10.2. The van der Waals surface area contributed by atoms with Gasteiger partial charge in [-0.2, -0.15) is 0 Å². The number of carbonyl (C=O) groups is 1. The molecule has 0 spiro atoms. The maximum absolute atomic E-state index is 14.7. The van der Waals surface area contributed by atoms with Gasteiger partial charge in [0.1, 0.15) is 18.1 Å². The molecule has 252 valence electrons. The largest absolute Gasteiger partial charge is 0.462 e. The Balaban J connectivity index is 1.31. The molecule has 6 aromatic rings. The Labute approximate surface area is 290 Å². The standard InChI is InChI=1S/C38H29O9PS2/c39-38(45-28-29-11-4-1-5-12-29)30-13-10-14-33(27-30)48(40,46-31-19-23-36(24-20-31)49(41,42)34-15-6-2-7-16-34)47-32-21-25-37(26-22-32)50(43,44)35-17-8-3-9-18-35/h1-27H,28H2. The van der Waals surface area contributed by atoms with Crippen molar-refractivity contribution in [3.05, 3.63) is 175 Å². The SMILES string of the molecule is O=C(OCc1ccccc1)c1cccc(P(=O)(Oc2ccc(S(=O)(=O)c3ccccc3)cc2)Oc2ccc(S(=O)(=O)c3ccccc3)cc2)c1. The van der Waals surface area contributed by atoms with Crippen molar-refractivity contribution in [1.29, 1.82) is 0 Å². The molecule has 6 aromatic carbocycles. The smallest absolute Gasteiger partial charge is 0.457 e. The highest BCUT2D eigenvalue weighted by molar-refractivity contribution is 7.91. The number of ether oxygens (including phenoxy) is 1. The highest BCUT2D eigenvalue weighted by atomic mass is 32.2. The van der Waals surface area contributed by atoms with Crippen molar-refractivity contribution in [3.8, 4) is 11.5 Å². The van der Waals surface area contributed by atoms with Gasteiger partial charge < -0.3 is 13.8 Å². The third-order valence-electron chi connectivity index (χ3n) is 7.44. The summed E-state index contributed by atoms with van der Waals surface area (Å²) < 4.78 is 84.5. The van der Waals surface area contributed by atoms with Crippen molar-refractivity contribution in [2.45, 2.75) is 26.2 Å². The van der Waals surface area contributed by atoms with Gasteiger partial charge in [0.05, 0.1) is 30.4 Å². The van der Waals surface area contributed by atoms with Crippen molar-refractivity contribution in [2.24, 2.45) is 0 Å². The number of sulfone groups is 2. The van der Waals surface area contributed by atoms with E-state index in [1.807, 2.05) is 30.3 Å².